The molecular weight excluding hydrogens is 358 g/mol. The first-order valence-electron chi connectivity index (χ1n) is 9.47. The highest BCUT2D eigenvalue weighted by Crippen LogP contribution is 2.23. The van der Waals surface area contributed by atoms with E-state index in [-0.39, 0.29) is 6.03 Å². The number of ether oxygens (including phenoxy) is 1. The number of hydrogen-bond acceptors (Lipinski definition) is 5. The van der Waals surface area contributed by atoms with Crippen molar-refractivity contribution in [3.63, 3.8) is 0 Å². The Balaban J connectivity index is 1.68. The van der Waals surface area contributed by atoms with Crippen LogP contribution < -0.4 is 10.1 Å². The van der Waals surface area contributed by atoms with Crippen LogP contribution in [-0.2, 0) is 6.54 Å². The molecule has 0 aliphatic carbocycles. The molecule has 1 aromatic heterocycles. The zero-order valence-corrected chi connectivity index (χ0v) is 16.8. The average molecular weight is 387 g/mol. The minimum atomic E-state index is -0.878. The number of rotatable bonds is 6. The predicted molar refractivity (Wildman–Crippen MR) is 108 cm³/mol. The molecule has 0 saturated carbocycles. The Kier molecular flexibility index (Phi) is 6.21. The molecule has 28 heavy (non-hydrogen) atoms. The molecule has 1 aromatic carbocycles. The van der Waals surface area contributed by atoms with Crippen LogP contribution in [0.5, 0.6) is 5.75 Å². The number of urea groups is 1. The molecule has 2 heterocycles. The van der Waals surface area contributed by atoms with E-state index in [9.17, 15) is 9.90 Å². The van der Waals surface area contributed by atoms with Crippen LogP contribution >= 0.6 is 0 Å². The Morgan fingerprint density at radius 1 is 1.36 bits per heavy atom. The number of nitrogens with zero attached hydrogens (tertiary/aromatic N) is 4. The molecule has 2 aromatic rings. The quantitative estimate of drug-likeness (QED) is 0.791. The van der Waals surface area contributed by atoms with Crippen LogP contribution in [0.25, 0.3) is 0 Å². The number of benzene rings is 1. The van der Waals surface area contributed by atoms with E-state index >= 15 is 0 Å². The normalized spacial score (nSPS) is 19.7. The number of β-amino-alcohol motifs (C(OH)–C–C–N with tert-alkyl or cyclic N) is 1. The van der Waals surface area contributed by atoms with Crippen molar-refractivity contribution >= 4 is 11.8 Å². The maximum absolute atomic E-state index is 12.8. The van der Waals surface area contributed by atoms with Crippen molar-refractivity contribution in [1.82, 2.24) is 19.6 Å². The van der Waals surface area contributed by atoms with E-state index in [1.54, 1.807) is 29.0 Å². The number of piperidine rings is 1. The van der Waals surface area contributed by atoms with Gasteiger partial charge in [-0.3, -0.25) is 5.32 Å². The van der Waals surface area contributed by atoms with E-state index < -0.39 is 5.60 Å². The van der Waals surface area contributed by atoms with Crippen molar-refractivity contribution in [3.05, 3.63) is 42.1 Å². The predicted octanol–water partition coefficient (Wildman–Crippen LogP) is 1.86. The summed E-state index contributed by atoms with van der Waals surface area (Å²) in [6.45, 7) is 1.96. The standard InChI is InChI=1S/C20H29N5O3/c1-23(2)14-20(27)10-6-12-24(15-20)19(26)22-18-9-11-21-25(18)13-16-7-4-5-8-17(16)28-3/h4-5,7-9,11,27H,6,10,12-15H2,1-3H3,(H,22,26)/t20-/m0/s1. The molecule has 1 saturated heterocycles. The molecule has 152 valence electrons. The summed E-state index contributed by atoms with van der Waals surface area (Å²) in [6.07, 6.45) is 3.13. The first-order chi connectivity index (χ1) is 13.4. The fourth-order valence-corrected chi connectivity index (χ4v) is 3.75. The summed E-state index contributed by atoms with van der Waals surface area (Å²) in [4.78, 5) is 16.4. The van der Waals surface area contributed by atoms with Gasteiger partial charge >= 0.3 is 6.03 Å². The van der Waals surface area contributed by atoms with E-state index in [4.69, 9.17) is 4.74 Å². The molecular formula is C20H29N5O3. The summed E-state index contributed by atoms with van der Waals surface area (Å²) in [5.41, 5.74) is 0.0963. The molecule has 1 aliphatic heterocycles. The van der Waals surface area contributed by atoms with Crippen LogP contribution in [0.3, 0.4) is 0 Å². The topological polar surface area (TPSA) is 82.9 Å². The highest BCUT2D eigenvalue weighted by molar-refractivity contribution is 5.88. The van der Waals surface area contributed by atoms with Gasteiger partial charge in [0, 0.05) is 24.7 Å². The molecule has 3 rings (SSSR count). The van der Waals surface area contributed by atoms with Gasteiger partial charge in [0.1, 0.15) is 11.6 Å². The molecule has 0 radical (unpaired) electrons. The van der Waals surface area contributed by atoms with Crippen LogP contribution in [0.2, 0.25) is 0 Å². The average Bonchev–Trinajstić information content (AvgIpc) is 3.07. The van der Waals surface area contributed by atoms with Gasteiger partial charge in [-0.25, -0.2) is 9.48 Å². The van der Waals surface area contributed by atoms with Gasteiger partial charge in [0.05, 0.1) is 32.0 Å². The lowest BCUT2D eigenvalue weighted by molar-refractivity contribution is -0.0333. The van der Waals surface area contributed by atoms with Crippen molar-refractivity contribution in [2.24, 2.45) is 0 Å². The number of nitrogens with one attached hydrogen (secondary N) is 1. The van der Waals surface area contributed by atoms with Crippen molar-refractivity contribution in [2.45, 2.75) is 25.0 Å². The lowest BCUT2D eigenvalue weighted by Crippen LogP contribution is -2.55. The maximum Gasteiger partial charge on any atom is 0.323 e. The SMILES string of the molecule is COc1ccccc1Cn1nccc1NC(=O)N1CCC[C@](O)(CN(C)C)C1. The van der Waals surface area contributed by atoms with Crippen LogP contribution in [0.1, 0.15) is 18.4 Å². The first-order valence-corrected chi connectivity index (χ1v) is 9.47. The summed E-state index contributed by atoms with van der Waals surface area (Å²) in [5, 5.41) is 18.1. The molecule has 2 N–H and O–H groups in total. The Bertz CT molecular complexity index is 807. The van der Waals surface area contributed by atoms with Gasteiger partial charge in [-0.15, -0.1) is 0 Å². The zero-order valence-electron chi connectivity index (χ0n) is 16.8. The number of anilines is 1. The Hall–Kier alpha value is -2.58. The summed E-state index contributed by atoms with van der Waals surface area (Å²) < 4.78 is 7.12. The molecule has 0 bridgehead atoms. The first kappa shape index (κ1) is 20.2. The fourth-order valence-electron chi connectivity index (χ4n) is 3.75. The molecule has 0 spiro atoms. The van der Waals surface area contributed by atoms with E-state index in [0.29, 0.717) is 38.4 Å². The molecule has 0 unspecified atom stereocenters. The third-order valence-corrected chi connectivity index (χ3v) is 4.92. The summed E-state index contributed by atoms with van der Waals surface area (Å²) in [6, 6.07) is 9.27. The third-order valence-electron chi connectivity index (χ3n) is 4.92. The van der Waals surface area contributed by atoms with E-state index in [2.05, 4.69) is 10.4 Å². The van der Waals surface area contributed by atoms with Gasteiger partial charge in [-0.1, -0.05) is 18.2 Å². The van der Waals surface area contributed by atoms with Crippen molar-refractivity contribution < 1.29 is 14.6 Å². The Morgan fingerprint density at radius 2 is 2.14 bits per heavy atom. The summed E-state index contributed by atoms with van der Waals surface area (Å²) >= 11 is 0. The molecule has 2 amide bonds. The number of likely N-dealkylation sites (N-methyl/N-ethyl adjacent to an activating group) is 1. The molecule has 8 heteroatoms. The number of para-hydroxylation sites is 1. The van der Waals surface area contributed by atoms with E-state index in [1.807, 2.05) is 43.3 Å². The number of methoxy groups -OCH3 is 1. The number of carbonyl (C=O) groups excluding carboxylic acids is 1. The zero-order chi connectivity index (χ0) is 20.1. The maximum atomic E-state index is 12.8. The molecule has 1 atom stereocenters. The van der Waals surface area contributed by atoms with Crippen molar-refractivity contribution in [1.29, 1.82) is 0 Å². The lowest BCUT2D eigenvalue weighted by atomic mass is 9.92. The number of amides is 2. The molecule has 1 fully saturated rings. The number of hydrogen-bond donors (Lipinski definition) is 2. The highest BCUT2D eigenvalue weighted by atomic mass is 16.5. The molecule has 8 nitrogen and oxygen atoms in total. The van der Waals surface area contributed by atoms with Gasteiger partial charge in [0.15, 0.2) is 0 Å². The van der Waals surface area contributed by atoms with Gasteiger partial charge in [0.25, 0.3) is 0 Å². The Morgan fingerprint density at radius 3 is 2.89 bits per heavy atom. The number of aromatic nitrogens is 2. The minimum Gasteiger partial charge on any atom is -0.496 e. The monoisotopic (exact) mass is 387 g/mol. The summed E-state index contributed by atoms with van der Waals surface area (Å²) in [5.74, 6) is 1.39. The third kappa shape index (κ3) is 4.82. The van der Waals surface area contributed by atoms with Gasteiger partial charge in [0.2, 0.25) is 0 Å². The highest BCUT2D eigenvalue weighted by Gasteiger charge is 2.35. The largest absolute Gasteiger partial charge is 0.496 e. The fraction of sp³-hybridized carbons (Fsp3) is 0.500. The van der Waals surface area contributed by atoms with Crippen LogP contribution in [0.15, 0.2) is 36.5 Å². The number of carbonyl (C=O) groups is 1. The number of likely N-dealkylation sites (tertiary alicyclic amines) is 1. The van der Waals surface area contributed by atoms with Crippen LogP contribution in [-0.4, -0.2) is 77.2 Å². The van der Waals surface area contributed by atoms with Crippen molar-refractivity contribution in [3.8, 4) is 5.75 Å². The van der Waals surface area contributed by atoms with Crippen molar-refractivity contribution in [2.75, 3.05) is 46.2 Å². The summed E-state index contributed by atoms with van der Waals surface area (Å²) in [7, 11) is 5.48. The second kappa shape index (κ2) is 8.62. The van der Waals surface area contributed by atoms with E-state index in [0.717, 1.165) is 17.7 Å². The smallest absolute Gasteiger partial charge is 0.323 e. The van der Waals surface area contributed by atoms with E-state index in [1.165, 1.54) is 0 Å². The second-order valence-electron chi connectivity index (χ2n) is 7.60. The minimum absolute atomic E-state index is 0.223. The molecule has 1 aliphatic rings. The number of aliphatic hydroxyl groups is 1. The van der Waals surface area contributed by atoms with Gasteiger partial charge < -0.3 is 19.6 Å². The van der Waals surface area contributed by atoms with Crippen LogP contribution in [0, 0.1) is 0 Å². The van der Waals surface area contributed by atoms with Gasteiger partial charge in [-0.2, -0.15) is 5.10 Å². The van der Waals surface area contributed by atoms with Crippen LogP contribution in [0.4, 0.5) is 10.6 Å². The van der Waals surface area contributed by atoms with Gasteiger partial charge in [-0.05, 0) is 33.0 Å². The lowest BCUT2D eigenvalue weighted by Gasteiger charge is -2.40. The Labute approximate surface area is 165 Å². The second-order valence-corrected chi connectivity index (χ2v) is 7.60.